The van der Waals surface area contributed by atoms with Crippen LogP contribution in [0.15, 0.2) is 122 Å². The summed E-state index contributed by atoms with van der Waals surface area (Å²) in [6.07, 6.45) is 89.6. The van der Waals surface area contributed by atoms with Gasteiger partial charge in [0.1, 0.15) is 13.2 Å². The molecule has 0 aromatic heterocycles. The van der Waals surface area contributed by atoms with Gasteiger partial charge in [-0.2, -0.15) is 0 Å². The molecule has 0 saturated heterocycles. The summed E-state index contributed by atoms with van der Waals surface area (Å²) in [6, 6.07) is 0. The van der Waals surface area contributed by atoms with Gasteiger partial charge in [-0.15, -0.1) is 0 Å². The van der Waals surface area contributed by atoms with Crippen molar-refractivity contribution in [1.29, 1.82) is 0 Å². The molecule has 77 heavy (non-hydrogen) atoms. The van der Waals surface area contributed by atoms with Crippen LogP contribution < -0.4 is 0 Å². The maximum absolute atomic E-state index is 12.8. The molecule has 0 radical (unpaired) electrons. The zero-order valence-electron chi connectivity index (χ0n) is 50.2. The number of allylic oxidation sites excluding steroid dienone is 20. The Morgan fingerprint density at radius 1 is 0.273 bits per heavy atom. The van der Waals surface area contributed by atoms with E-state index in [0.717, 1.165) is 103 Å². The lowest BCUT2D eigenvalue weighted by Crippen LogP contribution is -2.30. The molecule has 438 valence electrons. The Bertz CT molecular complexity index is 1600. The lowest BCUT2D eigenvalue weighted by atomic mass is 10.0. The number of rotatable bonds is 57. The van der Waals surface area contributed by atoms with Gasteiger partial charge in [0, 0.05) is 19.3 Å². The van der Waals surface area contributed by atoms with Gasteiger partial charge < -0.3 is 14.2 Å². The summed E-state index contributed by atoms with van der Waals surface area (Å²) in [5.74, 6) is -0.989. The maximum Gasteiger partial charge on any atom is 0.306 e. The molecular weight excluding hydrogens is 949 g/mol. The summed E-state index contributed by atoms with van der Waals surface area (Å²) in [5, 5.41) is 0. The summed E-state index contributed by atoms with van der Waals surface area (Å²) in [4.78, 5) is 38.1. The van der Waals surface area contributed by atoms with Crippen molar-refractivity contribution in [3.05, 3.63) is 122 Å². The highest BCUT2D eigenvalue weighted by Gasteiger charge is 2.19. The van der Waals surface area contributed by atoms with Crippen molar-refractivity contribution in [2.45, 2.75) is 297 Å². The third kappa shape index (κ3) is 62.5. The first-order chi connectivity index (χ1) is 38.0. The highest BCUT2D eigenvalue weighted by atomic mass is 16.6. The molecule has 0 spiro atoms. The van der Waals surface area contributed by atoms with Crippen LogP contribution in [0.1, 0.15) is 290 Å². The molecule has 0 rings (SSSR count). The van der Waals surface area contributed by atoms with Gasteiger partial charge in [-0.3, -0.25) is 14.4 Å². The fourth-order valence-corrected chi connectivity index (χ4v) is 8.76. The predicted molar refractivity (Wildman–Crippen MR) is 334 cm³/mol. The van der Waals surface area contributed by atoms with Crippen LogP contribution in [0.3, 0.4) is 0 Å². The monoisotopic (exact) mass is 1070 g/mol. The third-order valence-corrected chi connectivity index (χ3v) is 13.5. The maximum atomic E-state index is 12.8. The first-order valence-electron chi connectivity index (χ1n) is 32.0. The number of esters is 3. The van der Waals surface area contributed by atoms with Crippen LogP contribution in [-0.2, 0) is 28.6 Å². The molecule has 1 atom stereocenters. The summed E-state index contributed by atoms with van der Waals surface area (Å²) >= 11 is 0. The number of carbonyl (C=O) groups is 3. The average Bonchev–Trinajstić information content (AvgIpc) is 3.43. The summed E-state index contributed by atoms with van der Waals surface area (Å²) in [7, 11) is 0. The zero-order chi connectivity index (χ0) is 55.7. The summed E-state index contributed by atoms with van der Waals surface area (Å²) in [6.45, 7) is 6.34. The summed E-state index contributed by atoms with van der Waals surface area (Å²) < 4.78 is 16.8. The second-order valence-electron chi connectivity index (χ2n) is 20.9. The molecule has 0 N–H and O–H groups in total. The topological polar surface area (TPSA) is 78.9 Å². The predicted octanol–water partition coefficient (Wildman–Crippen LogP) is 22.0. The van der Waals surface area contributed by atoms with Crippen LogP contribution in [0.25, 0.3) is 0 Å². The molecule has 0 bridgehead atoms. The van der Waals surface area contributed by atoms with Crippen molar-refractivity contribution < 1.29 is 28.6 Å². The minimum atomic E-state index is -0.817. The zero-order valence-corrected chi connectivity index (χ0v) is 50.2. The van der Waals surface area contributed by atoms with E-state index in [1.807, 2.05) is 6.08 Å². The molecule has 0 aliphatic carbocycles. The van der Waals surface area contributed by atoms with Crippen LogP contribution in [0.2, 0.25) is 0 Å². The Labute approximate surface area is 475 Å². The molecular formula is C71H118O6. The van der Waals surface area contributed by atoms with Gasteiger partial charge in [-0.1, -0.05) is 296 Å². The van der Waals surface area contributed by atoms with Gasteiger partial charge in [0.25, 0.3) is 0 Å². The molecule has 0 amide bonds. The van der Waals surface area contributed by atoms with E-state index in [2.05, 4.69) is 136 Å². The highest BCUT2D eigenvalue weighted by Crippen LogP contribution is 2.16. The molecule has 0 aromatic carbocycles. The first kappa shape index (κ1) is 72.8. The molecule has 0 aliphatic rings. The fourth-order valence-electron chi connectivity index (χ4n) is 8.76. The second kappa shape index (κ2) is 64.3. The Kier molecular flexibility index (Phi) is 60.8. The van der Waals surface area contributed by atoms with Gasteiger partial charge in [-0.25, -0.2) is 0 Å². The largest absolute Gasteiger partial charge is 0.462 e. The molecule has 6 heteroatoms. The Hall–Kier alpha value is -4.19. The Morgan fingerprint density at radius 3 is 0.844 bits per heavy atom. The molecule has 0 saturated carbocycles. The standard InChI is InChI=1S/C71H118O6/c1-4-7-10-13-16-19-21-23-25-27-29-30-31-32-33-34-35-36-37-38-39-40-42-43-45-47-49-52-55-58-61-64-70(73)76-67-68(66-75-69(72)63-60-57-54-51-18-15-12-9-6-3)77-71(74)65-62-59-56-53-50-48-46-44-41-28-26-24-22-20-17-14-11-8-5-2/h7-8,10-11,16-17,19-20,23-26,29-30,41,44,48,50,56,59,68H,4-6,9,12-15,18,21-22,27-28,31-40,42-43,45-47,49,51-55,57-58,60-67H2,1-3H3/b10-7-,11-8-,19-16-,20-17-,25-23-,26-24-,30-29-,44-41-,50-48-,59-56-. The average molecular weight is 1070 g/mol. The van der Waals surface area contributed by atoms with Crippen molar-refractivity contribution in [3.8, 4) is 0 Å². The van der Waals surface area contributed by atoms with E-state index in [1.165, 1.54) is 141 Å². The number of hydrogen-bond acceptors (Lipinski definition) is 6. The number of hydrogen-bond donors (Lipinski definition) is 0. The van der Waals surface area contributed by atoms with Crippen LogP contribution in [0.4, 0.5) is 0 Å². The Balaban J connectivity index is 4.20. The third-order valence-electron chi connectivity index (χ3n) is 13.5. The highest BCUT2D eigenvalue weighted by molar-refractivity contribution is 5.71. The summed E-state index contributed by atoms with van der Waals surface area (Å²) in [5.41, 5.74) is 0. The molecule has 0 aromatic rings. The van der Waals surface area contributed by atoms with E-state index >= 15 is 0 Å². The van der Waals surface area contributed by atoms with Crippen molar-refractivity contribution >= 4 is 17.9 Å². The van der Waals surface area contributed by atoms with Gasteiger partial charge in [-0.05, 0) is 96.3 Å². The minimum Gasteiger partial charge on any atom is -0.462 e. The molecule has 0 fully saturated rings. The van der Waals surface area contributed by atoms with Crippen LogP contribution in [0.5, 0.6) is 0 Å². The molecule has 6 nitrogen and oxygen atoms in total. The van der Waals surface area contributed by atoms with E-state index in [9.17, 15) is 14.4 Å². The van der Waals surface area contributed by atoms with Crippen molar-refractivity contribution in [2.24, 2.45) is 0 Å². The van der Waals surface area contributed by atoms with Crippen molar-refractivity contribution in [3.63, 3.8) is 0 Å². The van der Waals surface area contributed by atoms with E-state index in [4.69, 9.17) is 14.2 Å². The van der Waals surface area contributed by atoms with Gasteiger partial charge in [0.05, 0.1) is 0 Å². The lowest BCUT2D eigenvalue weighted by Gasteiger charge is -2.18. The first-order valence-corrected chi connectivity index (χ1v) is 32.0. The lowest BCUT2D eigenvalue weighted by molar-refractivity contribution is -0.166. The molecule has 0 heterocycles. The van der Waals surface area contributed by atoms with Crippen LogP contribution in [0, 0.1) is 0 Å². The fraction of sp³-hybridized carbons (Fsp3) is 0.676. The van der Waals surface area contributed by atoms with Gasteiger partial charge >= 0.3 is 17.9 Å². The number of unbranched alkanes of at least 4 members (excludes halogenated alkanes) is 26. The Morgan fingerprint density at radius 2 is 0.532 bits per heavy atom. The number of ether oxygens (including phenoxy) is 3. The van der Waals surface area contributed by atoms with Crippen LogP contribution >= 0.6 is 0 Å². The van der Waals surface area contributed by atoms with Gasteiger partial charge in [0.2, 0.25) is 0 Å². The normalized spacial score (nSPS) is 12.9. The second-order valence-corrected chi connectivity index (χ2v) is 20.9. The minimum absolute atomic E-state index is 0.107. The number of carbonyl (C=O) groups excluding carboxylic acids is 3. The molecule has 1 unspecified atom stereocenters. The van der Waals surface area contributed by atoms with Crippen LogP contribution in [-0.4, -0.2) is 37.2 Å². The van der Waals surface area contributed by atoms with E-state index in [1.54, 1.807) is 0 Å². The van der Waals surface area contributed by atoms with E-state index in [-0.39, 0.29) is 31.6 Å². The van der Waals surface area contributed by atoms with E-state index in [0.29, 0.717) is 19.3 Å². The SMILES string of the molecule is CC/C=C\C/C=C\C/C=C\C/C=C\C/C=C\C/C=C\CCC(=O)OC(COC(=O)CCCCCCCCCCC)COC(=O)CCCCCCCCCCCCCCCCCCCC/C=C\C/C=C\C/C=C\C/C=C\CC. The molecule has 0 aliphatic heterocycles. The van der Waals surface area contributed by atoms with Crippen molar-refractivity contribution in [2.75, 3.05) is 13.2 Å². The van der Waals surface area contributed by atoms with Crippen molar-refractivity contribution in [1.82, 2.24) is 0 Å². The van der Waals surface area contributed by atoms with E-state index < -0.39 is 12.1 Å². The van der Waals surface area contributed by atoms with Gasteiger partial charge in [0.15, 0.2) is 6.10 Å². The quantitative estimate of drug-likeness (QED) is 0.0261. The smallest absolute Gasteiger partial charge is 0.306 e.